The number of nitrogens with zero attached hydrogens (tertiary/aromatic N) is 3. The minimum atomic E-state index is -0.0896. The average molecular weight is 335 g/mol. The van der Waals surface area contributed by atoms with E-state index in [-0.39, 0.29) is 23.8 Å². The van der Waals surface area contributed by atoms with Gasteiger partial charge in [-0.25, -0.2) is 0 Å². The molecule has 3 aliphatic heterocycles. The molecule has 5 rings (SSSR count). The fraction of sp³-hybridized carbons (Fsp3) is 0.350. The minimum Gasteiger partial charge on any atom is -0.336 e. The zero-order valence-electron chi connectivity index (χ0n) is 14.0. The van der Waals surface area contributed by atoms with Gasteiger partial charge in [-0.05, 0) is 30.5 Å². The number of hydrogen-bond acceptors (Lipinski definition) is 3. The van der Waals surface area contributed by atoms with Crippen molar-refractivity contribution in [3.05, 3.63) is 66.0 Å². The van der Waals surface area contributed by atoms with Crippen molar-refractivity contribution in [1.29, 1.82) is 0 Å². The molecule has 128 valence electrons. The van der Waals surface area contributed by atoms with Crippen molar-refractivity contribution in [2.24, 2.45) is 5.92 Å². The van der Waals surface area contributed by atoms with Crippen LogP contribution in [0.4, 0.5) is 0 Å². The molecule has 0 spiro atoms. The van der Waals surface area contributed by atoms with E-state index >= 15 is 0 Å². The standard InChI is InChI=1S/C20H21N3O2/c24-19(16-8-10-21-11-9-16)22-13-17-6-7-18(14-22)23(20(17)25)12-15-4-2-1-3-5-15/h1-5,8-11,17-18H,6-7,12-14H2/t17-,18+/m0/s1. The normalized spacial score (nSPS) is 22.8. The number of hydrogen-bond donors (Lipinski definition) is 0. The van der Waals surface area contributed by atoms with Crippen molar-refractivity contribution < 1.29 is 9.59 Å². The summed E-state index contributed by atoms with van der Waals surface area (Å²) >= 11 is 0. The highest BCUT2D eigenvalue weighted by molar-refractivity contribution is 5.95. The maximum absolute atomic E-state index is 12.9. The second-order valence-electron chi connectivity index (χ2n) is 6.83. The van der Waals surface area contributed by atoms with E-state index in [9.17, 15) is 9.59 Å². The van der Waals surface area contributed by atoms with Gasteiger partial charge in [-0.3, -0.25) is 14.6 Å². The molecule has 5 heteroatoms. The predicted octanol–water partition coefficient (Wildman–Crippen LogP) is 2.34. The van der Waals surface area contributed by atoms with Gasteiger partial charge in [0.2, 0.25) is 5.91 Å². The largest absolute Gasteiger partial charge is 0.336 e. The third-order valence-corrected chi connectivity index (χ3v) is 5.20. The van der Waals surface area contributed by atoms with E-state index in [0.29, 0.717) is 25.2 Å². The number of pyridine rings is 1. The van der Waals surface area contributed by atoms with Gasteiger partial charge in [0.25, 0.3) is 5.91 Å². The van der Waals surface area contributed by atoms with Crippen molar-refractivity contribution >= 4 is 11.8 Å². The fourth-order valence-corrected chi connectivity index (χ4v) is 3.87. The van der Waals surface area contributed by atoms with E-state index in [1.807, 2.05) is 40.1 Å². The molecule has 1 aromatic heterocycles. The molecule has 2 aromatic rings. The van der Waals surface area contributed by atoms with E-state index in [4.69, 9.17) is 0 Å². The highest BCUT2D eigenvalue weighted by Gasteiger charge is 2.41. The van der Waals surface area contributed by atoms with E-state index in [2.05, 4.69) is 4.98 Å². The molecule has 3 fully saturated rings. The van der Waals surface area contributed by atoms with Crippen LogP contribution in [0.1, 0.15) is 28.8 Å². The molecule has 3 saturated heterocycles. The van der Waals surface area contributed by atoms with Gasteiger partial charge < -0.3 is 9.80 Å². The summed E-state index contributed by atoms with van der Waals surface area (Å²) in [6.07, 6.45) is 5.09. The van der Waals surface area contributed by atoms with Crippen molar-refractivity contribution in [3.8, 4) is 0 Å². The molecular weight excluding hydrogens is 314 g/mol. The number of fused-ring (bicyclic) bond motifs is 4. The van der Waals surface area contributed by atoms with Crippen LogP contribution in [0, 0.1) is 5.92 Å². The van der Waals surface area contributed by atoms with E-state index in [1.165, 1.54) is 0 Å². The summed E-state index contributed by atoms with van der Waals surface area (Å²) in [7, 11) is 0. The highest BCUT2D eigenvalue weighted by Crippen LogP contribution is 2.31. The lowest BCUT2D eigenvalue weighted by molar-refractivity contribution is -0.140. The summed E-state index contributed by atoms with van der Waals surface area (Å²) in [5.74, 6) is 0.0899. The molecule has 1 aromatic carbocycles. The average Bonchev–Trinajstić information content (AvgIpc) is 2.95. The number of aromatic nitrogens is 1. The second kappa shape index (κ2) is 6.67. The summed E-state index contributed by atoms with van der Waals surface area (Å²) in [5.41, 5.74) is 1.77. The zero-order valence-corrected chi connectivity index (χ0v) is 14.0. The number of benzene rings is 1. The number of carbonyl (C=O) groups excluding carboxylic acids is 2. The van der Waals surface area contributed by atoms with Gasteiger partial charge in [-0.1, -0.05) is 30.3 Å². The Morgan fingerprint density at radius 2 is 1.80 bits per heavy atom. The second-order valence-corrected chi connectivity index (χ2v) is 6.83. The third kappa shape index (κ3) is 3.14. The molecule has 0 aliphatic carbocycles. The summed E-state index contributed by atoms with van der Waals surface area (Å²) in [6, 6.07) is 13.6. The molecule has 2 bridgehead atoms. The molecule has 0 unspecified atom stereocenters. The number of piperidine rings is 1. The SMILES string of the molecule is O=C(c1ccncc1)N1C[C@@H]2CC[C@H](C1)N(Cc1ccccc1)C2=O. The molecule has 0 saturated carbocycles. The summed E-state index contributed by atoms with van der Waals surface area (Å²) < 4.78 is 0. The van der Waals surface area contributed by atoms with Crippen LogP contribution < -0.4 is 0 Å². The molecule has 5 nitrogen and oxygen atoms in total. The Hall–Kier alpha value is -2.69. The maximum Gasteiger partial charge on any atom is 0.254 e. The van der Waals surface area contributed by atoms with Gasteiger partial charge in [0.15, 0.2) is 0 Å². The quantitative estimate of drug-likeness (QED) is 0.865. The molecule has 25 heavy (non-hydrogen) atoms. The Morgan fingerprint density at radius 3 is 2.56 bits per heavy atom. The summed E-state index contributed by atoms with van der Waals surface area (Å²) in [5, 5.41) is 0. The Bertz CT molecular complexity index is 763. The van der Waals surface area contributed by atoms with Gasteiger partial charge in [0, 0.05) is 43.6 Å². The molecule has 0 N–H and O–H groups in total. The number of rotatable bonds is 3. The first-order chi connectivity index (χ1) is 12.2. The highest BCUT2D eigenvalue weighted by atomic mass is 16.2. The van der Waals surface area contributed by atoms with Crippen LogP contribution in [0.25, 0.3) is 0 Å². The maximum atomic E-state index is 12.9. The van der Waals surface area contributed by atoms with Crippen LogP contribution in [0.2, 0.25) is 0 Å². The van der Waals surface area contributed by atoms with Crippen LogP contribution in [0.5, 0.6) is 0 Å². The third-order valence-electron chi connectivity index (χ3n) is 5.20. The van der Waals surface area contributed by atoms with Gasteiger partial charge in [0.1, 0.15) is 0 Å². The topological polar surface area (TPSA) is 53.5 Å². The number of amides is 2. The van der Waals surface area contributed by atoms with E-state index < -0.39 is 0 Å². The first-order valence-electron chi connectivity index (χ1n) is 8.76. The smallest absolute Gasteiger partial charge is 0.254 e. The Kier molecular flexibility index (Phi) is 4.22. The van der Waals surface area contributed by atoms with Crippen molar-refractivity contribution in [2.45, 2.75) is 25.4 Å². The van der Waals surface area contributed by atoms with Crippen LogP contribution in [0.3, 0.4) is 0 Å². The predicted molar refractivity (Wildman–Crippen MR) is 93.6 cm³/mol. The Morgan fingerprint density at radius 1 is 1.04 bits per heavy atom. The van der Waals surface area contributed by atoms with Crippen LogP contribution in [0.15, 0.2) is 54.9 Å². The molecule has 2 amide bonds. The van der Waals surface area contributed by atoms with E-state index in [1.54, 1.807) is 24.5 Å². The summed E-state index contributed by atoms with van der Waals surface area (Å²) in [6.45, 7) is 1.75. The van der Waals surface area contributed by atoms with Gasteiger partial charge in [-0.2, -0.15) is 0 Å². The Labute approximate surface area is 147 Å². The zero-order chi connectivity index (χ0) is 17.2. The number of carbonyl (C=O) groups is 2. The van der Waals surface area contributed by atoms with Gasteiger partial charge in [0.05, 0.1) is 5.92 Å². The van der Waals surface area contributed by atoms with Gasteiger partial charge >= 0.3 is 0 Å². The van der Waals surface area contributed by atoms with E-state index in [0.717, 1.165) is 18.4 Å². The molecule has 4 heterocycles. The van der Waals surface area contributed by atoms with Crippen LogP contribution in [-0.4, -0.2) is 45.7 Å². The lowest BCUT2D eigenvalue weighted by atomic mass is 9.93. The molecule has 3 aliphatic rings. The van der Waals surface area contributed by atoms with Crippen molar-refractivity contribution in [3.63, 3.8) is 0 Å². The monoisotopic (exact) mass is 335 g/mol. The first kappa shape index (κ1) is 15.8. The van der Waals surface area contributed by atoms with Crippen molar-refractivity contribution in [2.75, 3.05) is 13.1 Å². The molecule has 2 atom stereocenters. The van der Waals surface area contributed by atoms with Crippen molar-refractivity contribution in [1.82, 2.24) is 14.8 Å². The van der Waals surface area contributed by atoms with Gasteiger partial charge in [-0.15, -0.1) is 0 Å². The van der Waals surface area contributed by atoms with Crippen LogP contribution >= 0.6 is 0 Å². The first-order valence-corrected chi connectivity index (χ1v) is 8.76. The fourth-order valence-electron chi connectivity index (χ4n) is 3.87. The molecule has 0 radical (unpaired) electrons. The summed E-state index contributed by atoms with van der Waals surface area (Å²) in [4.78, 5) is 33.5. The molecular formula is C20H21N3O2. The van der Waals surface area contributed by atoms with Crippen LogP contribution in [-0.2, 0) is 11.3 Å². The Balaban J connectivity index is 1.55. The lowest BCUT2D eigenvalue weighted by Gasteiger charge is -2.36. The lowest BCUT2D eigenvalue weighted by Crippen LogP contribution is -2.47. The minimum absolute atomic E-state index is 0.00587.